The normalized spacial score (nSPS) is 11.8. The smallest absolute Gasteiger partial charge is 0.305 e. The van der Waals surface area contributed by atoms with Gasteiger partial charge in [0.15, 0.2) is 0 Å². The molecule has 3 aromatic carbocycles. The number of hydrogen-bond donors (Lipinski definition) is 2. The molecule has 0 bridgehead atoms. The molecule has 0 spiro atoms. The van der Waals surface area contributed by atoms with Gasteiger partial charge in [0.05, 0.1) is 59.3 Å². The summed E-state index contributed by atoms with van der Waals surface area (Å²) in [7, 11) is 0. The van der Waals surface area contributed by atoms with Gasteiger partial charge in [-0.2, -0.15) is 0 Å². The SMILES string of the molecule is CCOC(=O)CCCCn1c(CN(Cc2nc3ccccc3[nH]2)Cc2nc3ccccc3[nH]2)nc2ccccc21. The van der Waals surface area contributed by atoms with E-state index >= 15 is 0 Å². The van der Waals surface area contributed by atoms with E-state index in [1.165, 1.54) is 0 Å². The highest BCUT2D eigenvalue weighted by molar-refractivity contribution is 5.76. The molecule has 0 saturated heterocycles. The minimum atomic E-state index is -0.138. The molecule has 0 saturated carbocycles. The van der Waals surface area contributed by atoms with Crippen LogP contribution in [-0.4, -0.2) is 47.0 Å². The number of aromatic nitrogens is 6. The number of esters is 1. The van der Waals surface area contributed by atoms with E-state index in [-0.39, 0.29) is 5.97 Å². The molecule has 0 radical (unpaired) electrons. The van der Waals surface area contributed by atoms with Crippen molar-refractivity contribution in [2.75, 3.05) is 6.61 Å². The average molecular weight is 536 g/mol. The maximum Gasteiger partial charge on any atom is 0.305 e. The van der Waals surface area contributed by atoms with Crippen LogP contribution in [0.3, 0.4) is 0 Å². The van der Waals surface area contributed by atoms with Crippen molar-refractivity contribution >= 4 is 39.1 Å². The Bertz CT molecular complexity index is 1610. The number of nitrogens with zero attached hydrogens (tertiary/aromatic N) is 5. The minimum Gasteiger partial charge on any atom is -0.466 e. The highest BCUT2D eigenvalue weighted by Crippen LogP contribution is 2.21. The fourth-order valence-electron chi connectivity index (χ4n) is 5.22. The first-order chi connectivity index (χ1) is 19.7. The molecule has 0 atom stereocenters. The van der Waals surface area contributed by atoms with Gasteiger partial charge in [-0.25, -0.2) is 15.0 Å². The zero-order valence-electron chi connectivity index (χ0n) is 22.6. The summed E-state index contributed by atoms with van der Waals surface area (Å²) in [5.41, 5.74) is 6.02. The van der Waals surface area contributed by atoms with E-state index < -0.39 is 0 Å². The summed E-state index contributed by atoms with van der Waals surface area (Å²) in [6.45, 7) is 4.86. The molecule has 3 aromatic heterocycles. The Morgan fingerprint density at radius 2 is 1.38 bits per heavy atom. The number of para-hydroxylation sites is 6. The molecule has 9 heteroatoms. The summed E-state index contributed by atoms with van der Waals surface area (Å²) >= 11 is 0. The van der Waals surface area contributed by atoms with Gasteiger partial charge in [-0.15, -0.1) is 0 Å². The Balaban J connectivity index is 1.28. The Morgan fingerprint density at radius 1 is 0.775 bits per heavy atom. The molecule has 0 aliphatic heterocycles. The molecule has 40 heavy (non-hydrogen) atoms. The van der Waals surface area contributed by atoms with Crippen molar-refractivity contribution in [1.29, 1.82) is 0 Å². The van der Waals surface area contributed by atoms with Gasteiger partial charge in [0.1, 0.15) is 17.5 Å². The van der Waals surface area contributed by atoms with Crippen molar-refractivity contribution < 1.29 is 9.53 Å². The lowest BCUT2D eigenvalue weighted by Crippen LogP contribution is -2.25. The second-order valence-electron chi connectivity index (χ2n) is 9.98. The molecule has 0 aliphatic rings. The van der Waals surface area contributed by atoms with Gasteiger partial charge < -0.3 is 19.3 Å². The van der Waals surface area contributed by atoms with Crippen LogP contribution in [0.15, 0.2) is 72.8 Å². The molecule has 9 nitrogen and oxygen atoms in total. The Kier molecular flexibility index (Phi) is 7.54. The summed E-state index contributed by atoms with van der Waals surface area (Å²) in [5.74, 6) is 2.63. The Labute approximate surface area is 232 Å². The number of imidazole rings is 3. The largest absolute Gasteiger partial charge is 0.466 e. The summed E-state index contributed by atoms with van der Waals surface area (Å²) in [4.78, 5) is 35.8. The van der Waals surface area contributed by atoms with E-state index in [1.54, 1.807) is 0 Å². The lowest BCUT2D eigenvalue weighted by Gasteiger charge is -2.21. The van der Waals surface area contributed by atoms with Crippen LogP contribution in [0.5, 0.6) is 0 Å². The van der Waals surface area contributed by atoms with Gasteiger partial charge in [-0.3, -0.25) is 9.69 Å². The number of carbonyl (C=O) groups is 1. The van der Waals surface area contributed by atoms with Crippen molar-refractivity contribution in [2.45, 2.75) is 52.4 Å². The van der Waals surface area contributed by atoms with Gasteiger partial charge in [-0.05, 0) is 56.2 Å². The zero-order valence-corrected chi connectivity index (χ0v) is 22.6. The number of unbranched alkanes of at least 4 members (excludes halogenated alkanes) is 1. The standard InChI is InChI=1S/C31H33N7O2/c1-2-40-31(39)17-9-10-18-38-27-16-8-7-15-26(27)36-30(38)21-37(19-28-32-22-11-3-4-12-23(22)33-28)20-29-34-24-13-5-6-14-25(24)35-29/h3-8,11-16H,2,9-10,17-21H2,1H3,(H,32,33)(H,34,35). The van der Waals surface area contributed by atoms with E-state index in [4.69, 9.17) is 19.7 Å². The number of aromatic amines is 2. The van der Waals surface area contributed by atoms with Gasteiger partial charge in [0.2, 0.25) is 0 Å². The number of hydrogen-bond acceptors (Lipinski definition) is 6. The second-order valence-corrected chi connectivity index (χ2v) is 9.98. The topological polar surface area (TPSA) is 105 Å². The monoisotopic (exact) mass is 535 g/mol. The molecule has 2 N–H and O–H groups in total. The molecule has 204 valence electrons. The quantitative estimate of drug-likeness (QED) is 0.153. The van der Waals surface area contributed by atoms with Gasteiger partial charge in [0, 0.05) is 13.0 Å². The maximum absolute atomic E-state index is 11.8. The minimum absolute atomic E-state index is 0.138. The predicted molar refractivity (Wildman–Crippen MR) is 155 cm³/mol. The fourth-order valence-corrected chi connectivity index (χ4v) is 5.22. The molecule has 0 aliphatic carbocycles. The van der Waals surface area contributed by atoms with Crippen molar-refractivity contribution in [1.82, 2.24) is 34.4 Å². The molecule has 6 rings (SSSR count). The Hall–Kier alpha value is -4.50. The van der Waals surface area contributed by atoms with Crippen LogP contribution in [-0.2, 0) is 35.7 Å². The van der Waals surface area contributed by atoms with E-state index in [9.17, 15) is 4.79 Å². The summed E-state index contributed by atoms with van der Waals surface area (Å²) < 4.78 is 7.38. The van der Waals surface area contributed by atoms with Crippen LogP contribution in [0.25, 0.3) is 33.1 Å². The summed E-state index contributed by atoms with van der Waals surface area (Å²) in [6.07, 6.45) is 2.06. The van der Waals surface area contributed by atoms with Gasteiger partial charge in [0.25, 0.3) is 0 Å². The molecular weight excluding hydrogens is 502 g/mol. The average Bonchev–Trinajstić information content (AvgIpc) is 3.65. The molecule has 0 fully saturated rings. The van der Waals surface area contributed by atoms with Crippen LogP contribution in [0.2, 0.25) is 0 Å². The number of benzene rings is 3. The number of fused-ring (bicyclic) bond motifs is 3. The lowest BCUT2D eigenvalue weighted by molar-refractivity contribution is -0.143. The van der Waals surface area contributed by atoms with Crippen molar-refractivity contribution in [2.24, 2.45) is 0 Å². The first-order valence-corrected chi connectivity index (χ1v) is 13.9. The molecule has 6 aromatic rings. The highest BCUT2D eigenvalue weighted by atomic mass is 16.5. The zero-order chi connectivity index (χ0) is 27.3. The summed E-state index contributed by atoms with van der Waals surface area (Å²) in [6, 6.07) is 24.4. The summed E-state index contributed by atoms with van der Waals surface area (Å²) in [5, 5.41) is 0. The van der Waals surface area contributed by atoms with Crippen LogP contribution in [0, 0.1) is 0 Å². The lowest BCUT2D eigenvalue weighted by atomic mass is 10.2. The molecule has 3 heterocycles. The van der Waals surface area contributed by atoms with Crippen LogP contribution < -0.4 is 0 Å². The van der Waals surface area contributed by atoms with Crippen molar-refractivity contribution in [3.05, 3.63) is 90.3 Å². The number of carbonyl (C=O) groups excluding carboxylic acids is 1. The fraction of sp³-hybridized carbons (Fsp3) is 0.290. The molecular formula is C31H33N7O2. The first kappa shape index (κ1) is 25.8. The van der Waals surface area contributed by atoms with E-state index in [0.717, 1.165) is 70.0 Å². The van der Waals surface area contributed by atoms with Crippen LogP contribution >= 0.6 is 0 Å². The van der Waals surface area contributed by atoms with E-state index in [1.807, 2.05) is 67.6 Å². The van der Waals surface area contributed by atoms with Crippen molar-refractivity contribution in [3.8, 4) is 0 Å². The maximum atomic E-state index is 11.8. The van der Waals surface area contributed by atoms with Crippen LogP contribution in [0.1, 0.15) is 43.7 Å². The van der Waals surface area contributed by atoms with Gasteiger partial charge in [-0.1, -0.05) is 36.4 Å². The van der Waals surface area contributed by atoms with Crippen molar-refractivity contribution in [3.63, 3.8) is 0 Å². The van der Waals surface area contributed by atoms with Crippen LogP contribution in [0.4, 0.5) is 0 Å². The number of rotatable bonds is 12. The third kappa shape index (κ3) is 5.74. The second kappa shape index (κ2) is 11.7. The van der Waals surface area contributed by atoms with Gasteiger partial charge >= 0.3 is 5.97 Å². The Morgan fingerprint density at radius 3 is 2.00 bits per heavy atom. The third-order valence-electron chi connectivity index (χ3n) is 7.04. The molecule has 0 unspecified atom stereocenters. The number of ether oxygens (including phenoxy) is 1. The predicted octanol–water partition coefficient (Wildman–Crippen LogP) is 5.72. The number of aryl methyl sites for hydroxylation is 1. The third-order valence-corrected chi connectivity index (χ3v) is 7.04. The number of H-pyrrole nitrogens is 2. The highest BCUT2D eigenvalue weighted by Gasteiger charge is 2.18. The number of nitrogens with one attached hydrogen (secondary N) is 2. The van der Waals surface area contributed by atoms with E-state index in [0.29, 0.717) is 32.7 Å². The first-order valence-electron chi connectivity index (χ1n) is 13.9. The molecule has 0 amide bonds. The van der Waals surface area contributed by atoms with E-state index in [2.05, 4.69) is 31.6 Å².